The van der Waals surface area contributed by atoms with E-state index in [9.17, 15) is 14.7 Å². The zero-order chi connectivity index (χ0) is 13.1. The summed E-state index contributed by atoms with van der Waals surface area (Å²) in [6, 6.07) is -0.865. The first kappa shape index (κ1) is 17.4. The summed E-state index contributed by atoms with van der Waals surface area (Å²) < 4.78 is 0. The van der Waals surface area contributed by atoms with Crippen molar-refractivity contribution in [3.63, 3.8) is 0 Å². The number of carbonyl (C=O) groups excluding carboxylic acids is 2. The van der Waals surface area contributed by atoms with Crippen LogP contribution in [-0.2, 0) is 9.59 Å². The summed E-state index contributed by atoms with van der Waals surface area (Å²) in [5.74, 6) is -1.19. The normalized spacial score (nSPS) is 24.2. The molecule has 0 fully saturated rings. The van der Waals surface area contributed by atoms with Gasteiger partial charge in [-0.15, -0.1) is 0 Å². The Hall–Kier alpha value is -0.650. The van der Waals surface area contributed by atoms with Gasteiger partial charge in [-0.2, -0.15) is 0 Å². The van der Waals surface area contributed by atoms with Crippen LogP contribution in [0.5, 0.6) is 0 Å². The van der Waals surface area contributed by atoms with E-state index in [4.69, 9.17) is 0 Å². The average Bonchev–Trinajstić information content (AvgIpc) is 2.23. The van der Waals surface area contributed by atoms with Crippen molar-refractivity contribution in [3.05, 3.63) is 11.6 Å². The summed E-state index contributed by atoms with van der Waals surface area (Å²) in [4.78, 5) is 27.3. The largest absolute Gasteiger partial charge is 1.00 e. The number of amides is 2. The van der Waals surface area contributed by atoms with E-state index in [1.807, 2.05) is 19.9 Å². The molecule has 1 aliphatic heterocycles. The van der Waals surface area contributed by atoms with Gasteiger partial charge < -0.3 is 10.4 Å². The van der Waals surface area contributed by atoms with Gasteiger partial charge in [-0.3, -0.25) is 9.59 Å². The van der Waals surface area contributed by atoms with E-state index in [-0.39, 0.29) is 29.6 Å². The maximum Gasteiger partial charge on any atom is 1.00 e. The number of hydrogen-bond acceptors (Lipinski definition) is 3. The molecule has 0 saturated heterocycles. The second-order valence-corrected chi connectivity index (χ2v) is 4.13. The van der Waals surface area contributed by atoms with Gasteiger partial charge in [0.2, 0.25) is 5.91 Å². The van der Waals surface area contributed by atoms with Gasteiger partial charge in [-0.25, -0.2) is 4.99 Å². The molecule has 1 atom stereocenters. The Morgan fingerprint density at radius 2 is 2.06 bits per heavy atom. The Bertz CT molecular complexity index is 404. The number of aliphatic imine (C=N–C) groups is 1. The quantitative estimate of drug-likeness (QED) is 0.345. The molecule has 1 rings (SSSR count). The molecule has 0 aromatic rings. The summed E-state index contributed by atoms with van der Waals surface area (Å²) in [7, 11) is 0. The maximum atomic E-state index is 12.0. The minimum atomic E-state index is -1.28. The van der Waals surface area contributed by atoms with Crippen molar-refractivity contribution < 1.29 is 44.3 Å². The van der Waals surface area contributed by atoms with Gasteiger partial charge in [-0.05, 0) is 19.8 Å². The summed E-state index contributed by atoms with van der Waals surface area (Å²) in [6.45, 7) is 5.55. The third kappa shape index (κ3) is 3.02. The first-order valence-corrected chi connectivity index (χ1v) is 5.77. The van der Waals surface area contributed by atoms with E-state index < -0.39 is 23.3 Å². The molecule has 6 heteroatoms. The predicted octanol–water partition coefficient (Wildman–Crippen LogP) is -2.49. The number of carbonyl (C=O) groups is 2. The van der Waals surface area contributed by atoms with Crippen LogP contribution in [0.2, 0.25) is 0 Å². The smallest absolute Gasteiger partial charge is 0.846 e. The van der Waals surface area contributed by atoms with E-state index in [0.29, 0.717) is 18.4 Å². The monoisotopic (exact) mass is 260 g/mol. The van der Waals surface area contributed by atoms with Crippen LogP contribution in [0.25, 0.3) is 0 Å². The van der Waals surface area contributed by atoms with Gasteiger partial charge in [0.15, 0.2) is 5.41 Å². The molecule has 94 valence electrons. The van der Waals surface area contributed by atoms with Crippen molar-refractivity contribution in [1.29, 1.82) is 0 Å². The summed E-state index contributed by atoms with van der Waals surface area (Å²) in [5, 5.41) is 13.1. The van der Waals surface area contributed by atoms with Crippen LogP contribution in [0.4, 0.5) is 0 Å². The van der Waals surface area contributed by atoms with Gasteiger partial charge in [-0.1, -0.05) is 31.9 Å². The first-order chi connectivity index (χ1) is 7.98. The molecule has 0 aromatic heterocycles. The molecule has 18 heavy (non-hydrogen) atoms. The fourth-order valence-corrected chi connectivity index (χ4v) is 2.14. The molecule has 1 aliphatic rings. The summed E-state index contributed by atoms with van der Waals surface area (Å²) in [6.07, 6.45) is 3.60. The number of allylic oxidation sites excluding steroid dienone is 1. The molecule has 2 amide bonds. The van der Waals surface area contributed by atoms with Crippen LogP contribution < -0.4 is 40.0 Å². The maximum absolute atomic E-state index is 12.0. The van der Waals surface area contributed by atoms with Crippen LogP contribution in [0.1, 0.15) is 40.0 Å². The molecule has 0 radical (unpaired) electrons. The third-order valence-electron chi connectivity index (χ3n) is 2.98. The molecule has 0 aromatic carbocycles. The zero-order valence-corrected chi connectivity index (χ0v) is 13.4. The summed E-state index contributed by atoms with van der Waals surface area (Å²) in [5.41, 5.74) is -0.612. The second-order valence-electron chi connectivity index (χ2n) is 4.13. The molecule has 1 heterocycles. The van der Waals surface area contributed by atoms with Crippen LogP contribution in [0.3, 0.4) is 0 Å². The molecule has 1 N–H and O–H groups in total. The van der Waals surface area contributed by atoms with Gasteiger partial charge in [0, 0.05) is 0 Å². The molecule has 0 spiro atoms. The van der Waals surface area contributed by atoms with Gasteiger partial charge >= 0.3 is 29.6 Å². The first-order valence-electron chi connectivity index (χ1n) is 5.77. The Labute approximate surface area is 129 Å². The van der Waals surface area contributed by atoms with Gasteiger partial charge in [0.25, 0.3) is 5.91 Å². The molecular weight excluding hydrogens is 243 g/mol. The van der Waals surface area contributed by atoms with Gasteiger partial charge in [0.1, 0.15) is 0 Å². The zero-order valence-electron chi connectivity index (χ0n) is 11.4. The SMILES string of the molecule is CCC=C(C)C1(CCC)C(=O)N=C([O-])NC1=O.[Na+]. The minimum absolute atomic E-state index is 0. The van der Waals surface area contributed by atoms with Crippen molar-refractivity contribution >= 4 is 17.8 Å². The number of nitrogens with one attached hydrogen (secondary N) is 1. The Kier molecular flexibility index (Phi) is 6.81. The van der Waals surface area contributed by atoms with Crippen molar-refractivity contribution in [1.82, 2.24) is 5.32 Å². The number of amidine groups is 1. The van der Waals surface area contributed by atoms with Crippen LogP contribution in [0.15, 0.2) is 16.6 Å². The fourth-order valence-electron chi connectivity index (χ4n) is 2.14. The molecule has 0 saturated carbocycles. The second kappa shape index (κ2) is 7.07. The Morgan fingerprint density at radius 1 is 1.44 bits per heavy atom. The minimum Gasteiger partial charge on any atom is -0.846 e. The van der Waals surface area contributed by atoms with Crippen molar-refractivity contribution in [2.75, 3.05) is 0 Å². The van der Waals surface area contributed by atoms with Crippen LogP contribution in [0, 0.1) is 5.41 Å². The van der Waals surface area contributed by atoms with Crippen molar-refractivity contribution in [2.45, 2.75) is 40.0 Å². The standard InChI is InChI=1S/C12H18N2O3.Na/c1-4-6-8(3)12(7-5-2)9(15)13-11(17)14-10(12)16;/h6H,4-5,7H2,1-3H3,(H2,13,14,15,16,17);/q;+1/p-1. The van der Waals surface area contributed by atoms with Crippen molar-refractivity contribution in [3.8, 4) is 0 Å². The van der Waals surface area contributed by atoms with Crippen molar-refractivity contribution in [2.24, 2.45) is 10.4 Å². The molecule has 0 aliphatic carbocycles. The van der Waals surface area contributed by atoms with Crippen LogP contribution >= 0.6 is 0 Å². The van der Waals surface area contributed by atoms with Crippen LogP contribution in [-0.4, -0.2) is 17.8 Å². The molecule has 1 unspecified atom stereocenters. The summed E-state index contributed by atoms with van der Waals surface area (Å²) >= 11 is 0. The Morgan fingerprint density at radius 3 is 2.50 bits per heavy atom. The number of rotatable bonds is 4. The molecule has 0 bridgehead atoms. The molecule has 5 nitrogen and oxygen atoms in total. The molecular formula is C12H17N2NaO3. The van der Waals surface area contributed by atoms with E-state index in [1.165, 1.54) is 0 Å². The number of nitrogens with zero attached hydrogens (tertiary/aromatic N) is 1. The van der Waals surface area contributed by atoms with E-state index in [0.717, 1.165) is 6.42 Å². The topological polar surface area (TPSA) is 81.6 Å². The third-order valence-corrected chi connectivity index (χ3v) is 2.98. The Balaban J connectivity index is 0.00000289. The van der Waals surface area contributed by atoms with E-state index >= 15 is 0 Å². The van der Waals surface area contributed by atoms with Gasteiger partial charge in [0.05, 0.1) is 6.02 Å². The number of hydrogen-bond donors (Lipinski definition) is 1. The average molecular weight is 260 g/mol. The fraction of sp³-hybridized carbons (Fsp3) is 0.583. The van der Waals surface area contributed by atoms with E-state index in [1.54, 1.807) is 6.92 Å². The predicted molar refractivity (Wildman–Crippen MR) is 62.0 cm³/mol. The van der Waals surface area contributed by atoms with E-state index in [2.05, 4.69) is 10.3 Å².